The molecule has 0 saturated carbocycles. The maximum atomic E-state index is 14.3. The topological polar surface area (TPSA) is 80.8 Å². The number of nitrogens with two attached hydrogens (primary N) is 1. The molecule has 0 bridgehead atoms. The Kier molecular flexibility index (Phi) is 4.65. The number of guanidine groups is 1. The van der Waals surface area contributed by atoms with Crippen LogP contribution in [0, 0.1) is 11.8 Å². The summed E-state index contributed by atoms with van der Waals surface area (Å²) in [6.45, 7) is 0. The lowest BCUT2D eigenvalue weighted by molar-refractivity contribution is -0.132. The molecule has 2 aliphatic heterocycles. The van der Waals surface area contributed by atoms with E-state index in [1.165, 1.54) is 17.2 Å². The molecule has 3 aromatic rings. The van der Waals surface area contributed by atoms with Crippen LogP contribution in [0.3, 0.4) is 0 Å². The number of likely N-dealkylation sites (N-methyl/N-ethyl adjacent to an activating group) is 1. The third-order valence-corrected chi connectivity index (χ3v) is 6.02. The van der Waals surface area contributed by atoms with Crippen molar-refractivity contribution < 1.29 is 18.3 Å². The van der Waals surface area contributed by atoms with Crippen LogP contribution in [-0.4, -0.2) is 34.9 Å². The van der Waals surface area contributed by atoms with Gasteiger partial charge in [0.2, 0.25) is 5.95 Å². The van der Waals surface area contributed by atoms with Crippen molar-refractivity contribution in [2.45, 2.75) is 24.5 Å². The van der Waals surface area contributed by atoms with Crippen LogP contribution in [0.4, 0.5) is 8.78 Å². The Morgan fingerprint density at radius 1 is 1.19 bits per heavy atom. The second kappa shape index (κ2) is 7.40. The number of benzene rings is 2. The van der Waals surface area contributed by atoms with Gasteiger partial charge in [0.15, 0.2) is 11.5 Å². The normalized spacial score (nSPS) is 22.0. The Bertz CT molecular complexity index is 1260. The van der Waals surface area contributed by atoms with Gasteiger partial charge in [0.05, 0.1) is 0 Å². The van der Waals surface area contributed by atoms with Gasteiger partial charge in [-0.15, -0.1) is 0 Å². The summed E-state index contributed by atoms with van der Waals surface area (Å²) in [6.07, 6.45) is 1.30. The zero-order chi connectivity index (χ0) is 22.5. The van der Waals surface area contributed by atoms with E-state index in [0.29, 0.717) is 28.0 Å². The monoisotopic (exact) mass is 434 g/mol. The molecular formula is C24H20F2N4O2. The second-order valence-electron chi connectivity index (χ2n) is 7.99. The highest BCUT2D eigenvalue weighted by molar-refractivity contribution is 6.07. The molecule has 1 aromatic heterocycles. The van der Waals surface area contributed by atoms with Crippen LogP contribution in [0.5, 0.6) is 5.75 Å². The molecule has 6 nitrogen and oxygen atoms in total. The van der Waals surface area contributed by atoms with Crippen molar-refractivity contribution in [3.05, 3.63) is 83.7 Å². The molecule has 8 heteroatoms. The molecule has 2 N–H and O–H groups in total. The van der Waals surface area contributed by atoms with Crippen LogP contribution in [-0.2, 0) is 16.8 Å². The van der Waals surface area contributed by atoms with E-state index in [1.807, 2.05) is 0 Å². The molecular weight excluding hydrogens is 414 g/mol. The zero-order valence-electron chi connectivity index (χ0n) is 17.3. The fourth-order valence-corrected chi connectivity index (χ4v) is 4.42. The highest BCUT2D eigenvalue weighted by Gasteiger charge is 2.53. The minimum Gasteiger partial charge on any atom is -0.490 e. The highest BCUT2D eigenvalue weighted by atomic mass is 19.1. The summed E-state index contributed by atoms with van der Waals surface area (Å²) < 4.78 is 34.7. The van der Waals surface area contributed by atoms with Gasteiger partial charge in [0.25, 0.3) is 5.91 Å². The van der Waals surface area contributed by atoms with Crippen molar-refractivity contribution >= 4 is 11.9 Å². The first-order valence-corrected chi connectivity index (χ1v) is 10.2. The standard InChI is InChI=1S/C24H20F2N4O2/c1-30-22(31)24(29-23(30)27)13-16(11-15-5-2-3-7-19(15)25)32-20-9-8-14(12-18(20)24)17-6-4-10-28-21(17)26/h2-10,12,16H,11,13H2,1H3,(H2,27,29). The van der Waals surface area contributed by atoms with Crippen LogP contribution >= 0.6 is 0 Å². The zero-order valence-corrected chi connectivity index (χ0v) is 17.3. The molecule has 1 amide bonds. The average molecular weight is 434 g/mol. The third kappa shape index (κ3) is 3.10. The first-order valence-electron chi connectivity index (χ1n) is 10.2. The van der Waals surface area contributed by atoms with Gasteiger partial charge in [-0.1, -0.05) is 24.3 Å². The summed E-state index contributed by atoms with van der Waals surface area (Å²) in [7, 11) is 1.56. The molecule has 0 radical (unpaired) electrons. The maximum absolute atomic E-state index is 14.3. The molecule has 0 fully saturated rings. The minimum atomic E-state index is -1.32. The number of pyridine rings is 1. The summed E-state index contributed by atoms with van der Waals surface area (Å²) in [5.41, 5.74) is 6.52. The summed E-state index contributed by atoms with van der Waals surface area (Å²) in [6, 6.07) is 14.8. The number of hydrogen-bond donors (Lipinski definition) is 1. The molecule has 162 valence electrons. The SMILES string of the molecule is CN1C(=O)C2(CC(Cc3ccccc3F)Oc3ccc(-c4cccnc4F)cc32)N=C1N. The van der Waals surface area contributed by atoms with Gasteiger partial charge in [-0.05, 0) is 41.5 Å². The predicted octanol–water partition coefficient (Wildman–Crippen LogP) is 3.40. The fraction of sp³-hybridized carbons (Fsp3) is 0.208. The number of fused-ring (bicyclic) bond motifs is 2. The van der Waals surface area contributed by atoms with E-state index in [9.17, 15) is 13.6 Å². The smallest absolute Gasteiger partial charge is 0.261 e. The van der Waals surface area contributed by atoms with Gasteiger partial charge in [-0.25, -0.2) is 14.4 Å². The van der Waals surface area contributed by atoms with E-state index in [4.69, 9.17) is 10.5 Å². The maximum Gasteiger partial charge on any atom is 0.261 e. The van der Waals surface area contributed by atoms with Gasteiger partial charge in [-0.3, -0.25) is 9.69 Å². The Balaban J connectivity index is 1.62. The van der Waals surface area contributed by atoms with Crippen LogP contribution in [0.15, 0.2) is 65.8 Å². The summed E-state index contributed by atoms with van der Waals surface area (Å²) >= 11 is 0. The number of nitrogens with zero attached hydrogens (tertiary/aromatic N) is 3. The average Bonchev–Trinajstić information content (AvgIpc) is 2.99. The van der Waals surface area contributed by atoms with E-state index in [0.717, 1.165) is 0 Å². The number of rotatable bonds is 3. The first kappa shape index (κ1) is 20.1. The van der Waals surface area contributed by atoms with E-state index in [2.05, 4.69) is 9.98 Å². The van der Waals surface area contributed by atoms with Gasteiger partial charge >= 0.3 is 0 Å². The number of hydrogen-bond acceptors (Lipinski definition) is 5. The largest absolute Gasteiger partial charge is 0.490 e. The number of aromatic nitrogens is 1. The highest BCUT2D eigenvalue weighted by Crippen LogP contribution is 2.47. The van der Waals surface area contributed by atoms with Gasteiger partial charge in [0, 0.05) is 37.2 Å². The molecule has 2 atom stereocenters. The molecule has 0 saturated heterocycles. The lowest BCUT2D eigenvalue weighted by Gasteiger charge is -2.37. The second-order valence-corrected chi connectivity index (χ2v) is 7.99. The number of ether oxygens (including phenoxy) is 1. The van der Waals surface area contributed by atoms with Crippen molar-refractivity contribution in [3.8, 4) is 16.9 Å². The molecule has 5 rings (SSSR count). The van der Waals surface area contributed by atoms with Crippen molar-refractivity contribution in [2.24, 2.45) is 10.7 Å². The van der Waals surface area contributed by atoms with Gasteiger partial charge < -0.3 is 10.5 Å². The summed E-state index contributed by atoms with van der Waals surface area (Å²) in [5.74, 6) is -0.733. The van der Waals surface area contributed by atoms with Gasteiger partial charge in [-0.2, -0.15) is 4.39 Å². The van der Waals surface area contributed by atoms with Crippen molar-refractivity contribution in [1.29, 1.82) is 0 Å². The van der Waals surface area contributed by atoms with Crippen molar-refractivity contribution in [1.82, 2.24) is 9.88 Å². The number of aliphatic imine (C=N–C) groups is 1. The van der Waals surface area contributed by atoms with Crippen LogP contribution in [0.2, 0.25) is 0 Å². The molecule has 0 aliphatic carbocycles. The lowest BCUT2D eigenvalue weighted by Crippen LogP contribution is -2.46. The lowest BCUT2D eigenvalue weighted by atomic mass is 9.79. The predicted molar refractivity (Wildman–Crippen MR) is 115 cm³/mol. The quantitative estimate of drug-likeness (QED) is 0.641. The van der Waals surface area contributed by atoms with E-state index in [1.54, 1.807) is 55.6 Å². The van der Waals surface area contributed by atoms with E-state index in [-0.39, 0.29) is 30.5 Å². The first-order chi connectivity index (χ1) is 15.4. The molecule has 2 aromatic carbocycles. The molecule has 1 spiro atoms. The summed E-state index contributed by atoms with van der Waals surface area (Å²) in [5, 5.41) is 0. The Labute approximate surface area is 183 Å². The number of amides is 1. The summed E-state index contributed by atoms with van der Waals surface area (Å²) in [4.78, 5) is 22.9. The Morgan fingerprint density at radius 2 is 2.00 bits per heavy atom. The van der Waals surface area contributed by atoms with Crippen molar-refractivity contribution in [2.75, 3.05) is 7.05 Å². The number of halogens is 2. The number of carbonyl (C=O) groups excluding carboxylic acids is 1. The van der Waals surface area contributed by atoms with E-state index >= 15 is 0 Å². The van der Waals surface area contributed by atoms with Crippen LogP contribution in [0.1, 0.15) is 17.5 Å². The third-order valence-electron chi connectivity index (χ3n) is 6.02. The number of carbonyl (C=O) groups is 1. The van der Waals surface area contributed by atoms with Crippen LogP contribution < -0.4 is 10.5 Å². The van der Waals surface area contributed by atoms with Gasteiger partial charge in [0.1, 0.15) is 17.7 Å². The van der Waals surface area contributed by atoms with Crippen LogP contribution in [0.25, 0.3) is 11.1 Å². The molecule has 3 heterocycles. The molecule has 32 heavy (non-hydrogen) atoms. The van der Waals surface area contributed by atoms with Crippen molar-refractivity contribution in [3.63, 3.8) is 0 Å². The minimum absolute atomic E-state index is 0.0884. The Morgan fingerprint density at radius 3 is 2.72 bits per heavy atom. The Hall–Kier alpha value is -3.81. The molecule has 2 aliphatic rings. The van der Waals surface area contributed by atoms with E-state index < -0.39 is 17.6 Å². The molecule has 2 unspecified atom stereocenters. The fourth-order valence-electron chi connectivity index (χ4n) is 4.42.